The van der Waals surface area contributed by atoms with Gasteiger partial charge in [-0.15, -0.1) is 11.3 Å². The van der Waals surface area contributed by atoms with Gasteiger partial charge in [-0.3, -0.25) is 9.69 Å². The van der Waals surface area contributed by atoms with Gasteiger partial charge in [0.25, 0.3) is 5.91 Å². The topological polar surface area (TPSA) is 35.6 Å². The minimum absolute atomic E-state index is 0.236. The number of thiophene rings is 1. The number of rotatable bonds is 2. The molecule has 0 bridgehead atoms. The highest BCUT2D eigenvalue weighted by molar-refractivity contribution is 7.17. The fourth-order valence-corrected chi connectivity index (χ4v) is 5.84. The summed E-state index contributed by atoms with van der Waals surface area (Å²) in [5.41, 5.74) is 4.11. The Morgan fingerprint density at radius 2 is 1.88 bits per heavy atom. The number of amides is 1. The predicted octanol–water partition coefficient (Wildman–Crippen LogP) is 2.63. The van der Waals surface area contributed by atoms with Crippen molar-refractivity contribution in [1.82, 2.24) is 15.1 Å². The van der Waals surface area contributed by atoms with Crippen molar-refractivity contribution in [1.29, 1.82) is 0 Å². The third-order valence-corrected chi connectivity index (χ3v) is 7.26. The van der Waals surface area contributed by atoms with E-state index in [1.165, 1.54) is 21.6 Å². The van der Waals surface area contributed by atoms with Gasteiger partial charge in [0, 0.05) is 50.2 Å². The molecule has 1 unspecified atom stereocenters. The molecule has 2 fully saturated rings. The number of benzene rings is 1. The van der Waals surface area contributed by atoms with E-state index in [0.29, 0.717) is 6.04 Å². The number of hydrogen-bond acceptors (Lipinski definition) is 4. The van der Waals surface area contributed by atoms with Crippen molar-refractivity contribution in [3.63, 3.8) is 0 Å². The molecule has 4 nitrogen and oxygen atoms in total. The third kappa shape index (κ3) is 2.88. The first-order valence-corrected chi connectivity index (χ1v) is 10.6. The fraction of sp³-hybridized carbons (Fsp3) is 0.476. The lowest BCUT2D eigenvalue weighted by atomic mass is 9.91. The molecule has 2 aliphatic heterocycles. The molecule has 1 aliphatic carbocycles. The summed E-state index contributed by atoms with van der Waals surface area (Å²) in [6.07, 6.45) is 3.25. The van der Waals surface area contributed by atoms with Crippen LogP contribution in [0.3, 0.4) is 0 Å². The minimum Gasteiger partial charge on any atom is -0.336 e. The van der Waals surface area contributed by atoms with E-state index in [2.05, 4.69) is 45.4 Å². The molecule has 136 valence electrons. The first kappa shape index (κ1) is 16.5. The lowest BCUT2D eigenvalue weighted by molar-refractivity contribution is 0.0778. The highest BCUT2D eigenvalue weighted by Crippen LogP contribution is 2.40. The zero-order valence-electron chi connectivity index (χ0n) is 15.0. The van der Waals surface area contributed by atoms with Gasteiger partial charge in [-0.25, -0.2) is 0 Å². The highest BCUT2D eigenvalue weighted by Gasteiger charge is 2.32. The maximum Gasteiger partial charge on any atom is 0.264 e. The lowest BCUT2D eigenvalue weighted by Gasteiger charge is -2.32. The molecular weight excluding hydrogens is 342 g/mol. The third-order valence-electron chi connectivity index (χ3n) is 6.06. The zero-order valence-corrected chi connectivity index (χ0v) is 15.9. The molecule has 1 aromatic carbocycles. The average Bonchev–Trinajstić information content (AvgIpc) is 3.35. The molecule has 1 N–H and O–H groups in total. The number of piperazine rings is 1. The summed E-state index contributed by atoms with van der Waals surface area (Å²) in [5, 5.41) is 3.41. The maximum absolute atomic E-state index is 13.1. The number of nitrogens with one attached hydrogen (secondary N) is 1. The Kier molecular flexibility index (Phi) is 4.31. The molecule has 5 heteroatoms. The Labute approximate surface area is 158 Å². The molecule has 1 aromatic heterocycles. The van der Waals surface area contributed by atoms with Gasteiger partial charge >= 0.3 is 0 Å². The number of likely N-dealkylation sites (tertiary alicyclic amines) is 1. The van der Waals surface area contributed by atoms with Gasteiger partial charge in [0.05, 0.1) is 4.88 Å². The maximum atomic E-state index is 13.1. The number of hydrogen-bond donors (Lipinski definition) is 1. The molecule has 1 amide bonds. The van der Waals surface area contributed by atoms with Crippen LogP contribution in [-0.2, 0) is 12.8 Å². The summed E-state index contributed by atoms with van der Waals surface area (Å²) < 4.78 is 0. The van der Waals surface area contributed by atoms with Gasteiger partial charge in [0.1, 0.15) is 0 Å². The first-order chi connectivity index (χ1) is 12.8. The van der Waals surface area contributed by atoms with E-state index in [9.17, 15) is 4.79 Å². The van der Waals surface area contributed by atoms with Crippen LogP contribution >= 0.6 is 11.3 Å². The highest BCUT2D eigenvalue weighted by atomic mass is 32.1. The second kappa shape index (κ2) is 6.80. The monoisotopic (exact) mass is 367 g/mol. The van der Waals surface area contributed by atoms with Crippen molar-refractivity contribution >= 4 is 17.2 Å². The smallest absolute Gasteiger partial charge is 0.264 e. The van der Waals surface area contributed by atoms with Crippen LogP contribution in [0.25, 0.3) is 10.4 Å². The van der Waals surface area contributed by atoms with E-state index in [-0.39, 0.29) is 5.91 Å². The van der Waals surface area contributed by atoms with Crippen LogP contribution in [0.15, 0.2) is 30.3 Å². The molecule has 0 spiro atoms. The normalized spacial score (nSPS) is 22.9. The molecule has 1 atom stereocenters. The average molecular weight is 368 g/mol. The molecule has 5 rings (SSSR count). The van der Waals surface area contributed by atoms with Crippen LogP contribution in [0.2, 0.25) is 0 Å². The number of nitrogens with zero attached hydrogens (tertiary/aromatic N) is 2. The van der Waals surface area contributed by atoms with Crippen LogP contribution < -0.4 is 5.32 Å². The number of carbonyl (C=O) groups is 1. The predicted molar refractivity (Wildman–Crippen MR) is 106 cm³/mol. The number of carbonyl (C=O) groups excluding carboxylic acids is 1. The van der Waals surface area contributed by atoms with Gasteiger partial charge in [0.2, 0.25) is 0 Å². The summed E-state index contributed by atoms with van der Waals surface area (Å²) >= 11 is 1.69. The van der Waals surface area contributed by atoms with Crippen molar-refractivity contribution in [3.05, 3.63) is 46.3 Å². The Balaban J connectivity index is 1.34. The van der Waals surface area contributed by atoms with Crippen LogP contribution in [0.4, 0.5) is 0 Å². The van der Waals surface area contributed by atoms with Crippen molar-refractivity contribution in [2.75, 3.05) is 39.3 Å². The zero-order chi connectivity index (χ0) is 17.5. The standard InChI is InChI=1S/C21H25N3OS/c25-21(24-10-7-17(14-24)23-11-8-22-9-12-23)19-13-16-6-5-15-3-1-2-4-18(15)20(16)26-19/h1-4,13,17,22H,5-12,14H2. The molecule has 0 radical (unpaired) electrons. The summed E-state index contributed by atoms with van der Waals surface area (Å²) in [6, 6.07) is 11.3. The molecule has 2 aromatic rings. The second-order valence-corrected chi connectivity index (χ2v) is 8.65. The van der Waals surface area contributed by atoms with E-state index in [0.717, 1.165) is 63.4 Å². The molecule has 2 saturated heterocycles. The summed E-state index contributed by atoms with van der Waals surface area (Å²) in [6.45, 7) is 6.14. The first-order valence-electron chi connectivity index (χ1n) is 9.74. The molecule has 26 heavy (non-hydrogen) atoms. The van der Waals surface area contributed by atoms with Gasteiger partial charge in [0.15, 0.2) is 0 Å². The van der Waals surface area contributed by atoms with Crippen LogP contribution in [0.1, 0.15) is 27.2 Å². The Bertz CT molecular complexity index is 824. The Hall–Kier alpha value is -1.69. The van der Waals surface area contributed by atoms with Gasteiger partial charge < -0.3 is 10.2 Å². The molecule has 3 heterocycles. The molecular formula is C21H25N3OS. The SMILES string of the molecule is O=C(c1cc2c(s1)-c1ccccc1CC2)N1CCC(N2CCNCC2)C1. The summed E-state index contributed by atoms with van der Waals surface area (Å²) in [5.74, 6) is 0.236. The van der Waals surface area contributed by atoms with Crippen molar-refractivity contribution in [3.8, 4) is 10.4 Å². The van der Waals surface area contributed by atoms with Crippen LogP contribution in [-0.4, -0.2) is 61.0 Å². The largest absolute Gasteiger partial charge is 0.336 e. The quantitative estimate of drug-likeness (QED) is 0.886. The molecule has 3 aliphatic rings. The number of fused-ring (bicyclic) bond motifs is 3. The summed E-state index contributed by atoms with van der Waals surface area (Å²) in [4.78, 5) is 20.0. The van der Waals surface area contributed by atoms with Crippen molar-refractivity contribution < 1.29 is 4.79 Å². The van der Waals surface area contributed by atoms with Crippen molar-refractivity contribution in [2.45, 2.75) is 25.3 Å². The Morgan fingerprint density at radius 1 is 1.08 bits per heavy atom. The van der Waals surface area contributed by atoms with E-state index in [4.69, 9.17) is 0 Å². The lowest BCUT2D eigenvalue weighted by Crippen LogP contribution is -2.49. The minimum atomic E-state index is 0.236. The van der Waals surface area contributed by atoms with E-state index < -0.39 is 0 Å². The molecule has 0 saturated carbocycles. The van der Waals surface area contributed by atoms with Gasteiger partial charge in [-0.05, 0) is 42.0 Å². The van der Waals surface area contributed by atoms with Gasteiger partial charge in [-0.2, -0.15) is 0 Å². The van der Waals surface area contributed by atoms with Crippen molar-refractivity contribution in [2.24, 2.45) is 0 Å². The Morgan fingerprint density at radius 3 is 2.77 bits per heavy atom. The van der Waals surface area contributed by atoms with Crippen LogP contribution in [0.5, 0.6) is 0 Å². The van der Waals surface area contributed by atoms with Gasteiger partial charge in [-0.1, -0.05) is 24.3 Å². The van der Waals surface area contributed by atoms with E-state index >= 15 is 0 Å². The second-order valence-electron chi connectivity index (χ2n) is 7.60. The fourth-order valence-electron chi connectivity index (χ4n) is 4.60. The van der Waals surface area contributed by atoms with Crippen LogP contribution in [0, 0.1) is 0 Å². The van der Waals surface area contributed by atoms with E-state index in [1.54, 1.807) is 11.3 Å². The number of aryl methyl sites for hydroxylation is 2. The summed E-state index contributed by atoms with van der Waals surface area (Å²) in [7, 11) is 0. The van der Waals surface area contributed by atoms with E-state index in [1.807, 2.05) is 0 Å².